The van der Waals surface area contributed by atoms with Gasteiger partial charge in [0.15, 0.2) is 11.2 Å². The summed E-state index contributed by atoms with van der Waals surface area (Å²) in [5.41, 5.74) is 4.39. The van der Waals surface area contributed by atoms with Crippen molar-refractivity contribution in [2.24, 2.45) is 0 Å². The van der Waals surface area contributed by atoms with Gasteiger partial charge in [0.05, 0.1) is 31.7 Å². The van der Waals surface area contributed by atoms with Gasteiger partial charge >= 0.3 is 12.4 Å². The molecule has 0 bridgehead atoms. The number of rotatable bonds is 8. The van der Waals surface area contributed by atoms with E-state index >= 15 is 0 Å². The van der Waals surface area contributed by atoms with Gasteiger partial charge in [-0.05, 0) is 18.7 Å². The van der Waals surface area contributed by atoms with Crippen molar-refractivity contribution < 1.29 is 33.6 Å². The van der Waals surface area contributed by atoms with Crippen LogP contribution in [0.15, 0.2) is 26.9 Å². The van der Waals surface area contributed by atoms with Crippen LogP contribution in [0.5, 0.6) is 0 Å². The number of nitrogens with one attached hydrogen (secondary N) is 2. The molecule has 2 aliphatic rings. The minimum Gasteiger partial charge on any atom is -0.394 e. The zero-order valence-electron chi connectivity index (χ0n) is 20.4. The molecular formula is C20H26N7O10PS. The molecule has 3 aromatic rings. The number of aryl methyl sites for hydroxylation is 1. The maximum Gasteiger partial charge on any atom is 0.330 e. The predicted octanol–water partition coefficient (Wildman–Crippen LogP) is -1.89. The molecule has 7 N–H and O–H groups in total. The van der Waals surface area contributed by atoms with E-state index < -0.39 is 67.0 Å². The molecule has 3 unspecified atom stereocenters. The third-order valence-corrected chi connectivity index (χ3v) is 8.04. The van der Waals surface area contributed by atoms with Crippen LogP contribution in [0.1, 0.15) is 30.9 Å². The van der Waals surface area contributed by atoms with E-state index in [1.165, 1.54) is 24.0 Å². The highest BCUT2D eigenvalue weighted by molar-refractivity contribution is 8.07. The SMILES string of the molecule is Cc1cn([C@H]2CC(O)[C@@H](COP(O)(=S)OC3C[C@H](n4cnc5c(=O)[nH]c(N)nc54)O[C@@H]3CO)O2)c(=O)[nH]c1=O. The Kier molecular flexibility index (Phi) is 7.57. The van der Waals surface area contributed by atoms with Gasteiger partial charge in [-0.15, -0.1) is 0 Å². The number of fused-ring (bicyclic) bond motifs is 1. The third kappa shape index (κ3) is 5.60. The molecule has 2 fully saturated rings. The van der Waals surface area contributed by atoms with Crippen LogP contribution in [0.2, 0.25) is 0 Å². The lowest BCUT2D eigenvalue weighted by Crippen LogP contribution is -2.33. The van der Waals surface area contributed by atoms with Gasteiger partial charge < -0.3 is 39.4 Å². The summed E-state index contributed by atoms with van der Waals surface area (Å²) in [4.78, 5) is 59.2. The Balaban J connectivity index is 1.23. The highest BCUT2D eigenvalue weighted by Crippen LogP contribution is 2.49. The van der Waals surface area contributed by atoms with Gasteiger partial charge in [0.2, 0.25) is 5.95 Å². The van der Waals surface area contributed by atoms with Crippen molar-refractivity contribution in [2.45, 2.75) is 56.6 Å². The van der Waals surface area contributed by atoms with E-state index in [0.717, 1.165) is 4.57 Å². The minimum atomic E-state index is -3.93. The maximum absolute atomic E-state index is 12.2. The lowest BCUT2D eigenvalue weighted by atomic mass is 10.2. The van der Waals surface area contributed by atoms with Gasteiger partial charge in [-0.3, -0.25) is 28.7 Å². The Morgan fingerprint density at radius 1 is 1.18 bits per heavy atom. The second kappa shape index (κ2) is 10.6. The second-order valence-electron chi connectivity index (χ2n) is 9.14. The van der Waals surface area contributed by atoms with E-state index in [1.807, 2.05) is 0 Å². The fraction of sp³-hybridized carbons (Fsp3) is 0.550. The fourth-order valence-corrected chi connectivity index (χ4v) is 5.98. The summed E-state index contributed by atoms with van der Waals surface area (Å²) in [6.45, 7) is -3.24. The van der Waals surface area contributed by atoms with E-state index in [0.29, 0.717) is 0 Å². The van der Waals surface area contributed by atoms with Crippen LogP contribution in [0.3, 0.4) is 0 Å². The van der Waals surface area contributed by atoms with Crippen LogP contribution in [0.25, 0.3) is 11.2 Å². The molecule has 2 saturated heterocycles. The molecule has 5 rings (SSSR count). The average Bonchev–Trinajstić information content (AvgIpc) is 3.56. The quantitative estimate of drug-likeness (QED) is 0.158. The number of aliphatic hydroxyl groups is 2. The molecule has 3 aromatic heterocycles. The number of nitrogens with two attached hydrogens (primary N) is 1. The summed E-state index contributed by atoms with van der Waals surface area (Å²) < 4.78 is 25.2. The zero-order chi connectivity index (χ0) is 28.1. The van der Waals surface area contributed by atoms with Gasteiger partial charge in [-0.25, -0.2) is 9.78 Å². The van der Waals surface area contributed by atoms with Crippen LogP contribution >= 0.6 is 6.72 Å². The number of nitrogens with zero attached hydrogens (tertiary/aromatic N) is 4. The Morgan fingerprint density at radius 3 is 2.64 bits per heavy atom. The molecule has 17 nitrogen and oxygen atoms in total. The first-order chi connectivity index (χ1) is 18.5. The molecule has 0 spiro atoms. The third-order valence-electron chi connectivity index (χ3n) is 6.45. The summed E-state index contributed by atoms with van der Waals surface area (Å²) >= 11 is 5.14. The van der Waals surface area contributed by atoms with Crippen molar-refractivity contribution in [3.05, 3.63) is 49.3 Å². The summed E-state index contributed by atoms with van der Waals surface area (Å²) in [5.74, 6) is -0.114. The molecular weight excluding hydrogens is 561 g/mol. The van der Waals surface area contributed by atoms with Crippen LogP contribution in [0, 0.1) is 6.92 Å². The van der Waals surface area contributed by atoms with Crippen LogP contribution in [0.4, 0.5) is 5.95 Å². The number of nitrogen functional groups attached to an aromatic ring is 1. The van der Waals surface area contributed by atoms with Crippen molar-refractivity contribution in [2.75, 3.05) is 18.9 Å². The first-order valence-electron chi connectivity index (χ1n) is 11.8. The van der Waals surface area contributed by atoms with Gasteiger partial charge in [0, 0.05) is 24.6 Å². The number of H-pyrrole nitrogens is 2. The molecule has 0 aliphatic carbocycles. The Bertz CT molecular complexity index is 1600. The lowest BCUT2D eigenvalue weighted by molar-refractivity contribution is -0.0521. The summed E-state index contributed by atoms with van der Waals surface area (Å²) in [5, 5.41) is 20.2. The lowest BCUT2D eigenvalue weighted by Gasteiger charge is -2.24. The van der Waals surface area contributed by atoms with Gasteiger partial charge in [0.25, 0.3) is 11.1 Å². The molecule has 212 valence electrons. The summed E-state index contributed by atoms with van der Waals surface area (Å²) in [6, 6.07) is 0. The van der Waals surface area contributed by atoms with E-state index in [4.69, 9.17) is 36.1 Å². The minimum absolute atomic E-state index is 0.0273. The van der Waals surface area contributed by atoms with Crippen LogP contribution in [-0.4, -0.2) is 81.8 Å². The smallest absolute Gasteiger partial charge is 0.330 e. The standard InChI is InChI=1S/C20H26N7O10PS/c1-8-4-26(20(32)25-17(8)30)13-2-9(29)12(36-13)6-34-38(33,39)37-10-3-14(35-11(10)5-28)27-7-22-15-16(27)23-19(21)24-18(15)31/h4,7,9-14,28-29H,2-3,5-6H2,1H3,(H,33,39)(H,25,30,32)(H3,21,23,24,31)/t9?,10?,11-,12-,13-,14-,38?/m1/s1. The normalized spacial score (nSPS) is 28.7. The number of aromatic amines is 2. The van der Waals surface area contributed by atoms with Gasteiger partial charge in [-0.1, -0.05) is 0 Å². The van der Waals surface area contributed by atoms with E-state index in [-0.39, 0.29) is 42.1 Å². The molecule has 39 heavy (non-hydrogen) atoms. The van der Waals surface area contributed by atoms with Crippen LogP contribution < -0.4 is 22.5 Å². The van der Waals surface area contributed by atoms with Crippen LogP contribution in [-0.2, 0) is 30.3 Å². The van der Waals surface area contributed by atoms with Gasteiger partial charge in [0.1, 0.15) is 24.7 Å². The fourth-order valence-electron chi connectivity index (χ4n) is 4.51. The van der Waals surface area contributed by atoms with Crippen molar-refractivity contribution in [1.82, 2.24) is 29.1 Å². The Labute approximate surface area is 223 Å². The first kappa shape index (κ1) is 27.8. The zero-order valence-corrected chi connectivity index (χ0v) is 22.1. The average molecular weight is 588 g/mol. The predicted molar refractivity (Wildman–Crippen MR) is 136 cm³/mol. The molecule has 0 aromatic carbocycles. The number of hydrogen-bond donors (Lipinski definition) is 6. The largest absolute Gasteiger partial charge is 0.394 e. The summed E-state index contributed by atoms with van der Waals surface area (Å²) in [7, 11) is 0. The van der Waals surface area contributed by atoms with Crippen molar-refractivity contribution in [3.63, 3.8) is 0 Å². The van der Waals surface area contributed by atoms with E-state index in [9.17, 15) is 29.5 Å². The van der Waals surface area contributed by atoms with Crippen molar-refractivity contribution >= 4 is 35.6 Å². The monoisotopic (exact) mass is 587 g/mol. The first-order valence-corrected chi connectivity index (χ1v) is 14.3. The van der Waals surface area contributed by atoms with E-state index in [1.54, 1.807) is 0 Å². The maximum atomic E-state index is 12.2. The highest BCUT2D eigenvalue weighted by atomic mass is 32.5. The Hall–Kier alpha value is -2.80. The van der Waals surface area contributed by atoms with E-state index in [2.05, 4.69) is 19.9 Å². The summed E-state index contributed by atoms with van der Waals surface area (Å²) in [6.07, 6.45) is -2.70. The molecule has 7 atom stereocenters. The number of aliphatic hydroxyl groups excluding tert-OH is 2. The van der Waals surface area contributed by atoms with Crippen molar-refractivity contribution in [3.8, 4) is 0 Å². The number of imidazole rings is 1. The number of anilines is 1. The molecule has 0 radical (unpaired) electrons. The number of aromatic nitrogens is 6. The van der Waals surface area contributed by atoms with Crippen molar-refractivity contribution in [1.29, 1.82) is 0 Å². The molecule has 0 amide bonds. The topological polar surface area (TPSA) is 242 Å². The molecule has 5 heterocycles. The second-order valence-corrected chi connectivity index (χ2v) is 11.9. The highest BCUT2D eigenvalue weighted by Gasteiger charge is 2.42. The molecule has 0 saturated carbocycles. The Morgan fingerprint density at radius 2 is 1.90 bits per heavy atom. The van der Waals surface area contributed by atoms with Gasteiger partial charge in [-0.2, -0.15) is 4.98 Å². The molecule has 19 heteroatoms. The number of hydrogen-bond acceptors (Lipinski definition) is 13. The molecule has 2 aliphatic heterocycles. The number of ether oxygens (including phenoxy) is 2.